The van der Waals surface area contributed by atoms with Gasteiger partial charge < -0.3 is 42.7 Å². The summed E-state index contributed by atoms with van der Waals surface area (Å²) in [6.45, 7) is 0. The minimum atomic E-state index is -1.32. The molecule has 0 radical (unpaired) electrons. The summed E-state index contributed by atoms with van der Waals surface area (Å²) in [6.07, 6.45) is -0.230. The van der Waals surface area contributed by atoms with E-state index in [-0.39, 0.29) is 33.3 Å². The summed E-state index contributed by atoms with van der Waals surface area (Å²) < 4.78 is 0. The van der Waals surface area contributed by atoms with Gasteiger partial charge in [0, 0.05) is 11.5 Å². The fraction of sp³-hybridized carbons (Fsp3) is 0.400. The second-order valence-corrected chi connectivity index (χ2v) is 7.81. The van der Waals surface area contributed by atoms with Gasteiger partial charge in [0.1, 0.15) is 18.1 Å². The molecule has 0 aliphatic carbocycles. The Balaban J connectivity index is 3.24. The normalized spacial score (nSPS) is 14.2. The molecular weight excluding hydrogens is 414 g/mol. The van der Waals surface area contributed by atoms with Crippen molar-refractivity contribution in [3.8, 4) is 11.5 Å². The van der Waals surface area contributed by atoms with Gasteiger partial charge >= 0.3 is 17.9 Å². The minimum absolute atomic E-state index is 0.0396. The summed E-state index contributed by atoms with van der Waals surface area (Å²) in [5.41, 5.74) is 16.6. The number of phenolic OH excluding ortho intramolecular Hbond substituents is 2. The van der Waals surface area contributed by atoms with Gasteiger partial charge in [-0.05, 0) is 18.1 Å². The van der Waals surface area contributed by atoms with Crippen LogP contribution in [0.25, 0.3) is 0 Å². The van der Waals surface area contributed by atoms with Gasteiger partial charge in [0.25, 0.3) is 0 Å². The van der Waals surface area contributed by atoms with Crippen LogP contribution < -0.4 is 17.2 Å². The molecule has 0 amide bonds. The molecule has 0 fully saturated rings. The molecule has 28 heavy (non-hydrogen) atoms. The smallest absolute Gasteiger partial charge is 0.321 e. The second-order valence-electron chi connectivity index (χ2n) is 5.72. The number of carboxylic acids is 3. The van der Waals surface area contributed by atoms with Crippen LogP contribution in [0.4, 0.5) is 0 Å². The third kappa shape index (κ3) is 6.45. The maximum Gasteiger partial charge on any atom is 0.321 e. The minimum Gasteiger partial charge on any atom is -0.503 e. The van der Waals surface area contributed by atoms with Gasteiger partial charge in [-0.25, -0.2) is 0 Å². The van der Waals surface area contributed by atoms with Crippen LogP contribution in [-0.2, 0) is 20.8 Å². The average molecular weight is 435 g/mol. The molecule has 1 aromatic rings. The molecule has 1 rings (SSSR count). The van der Waals surface area contributed by atoms with Gasteiger partial charge in [-0.2, -0.15) is 0 Å². The molecule has 0 unspecified atom stereocenters. The second kappa shape index (κ2) is 10.4. The number of hydrogen-bond acceptors (Lipinski definition) is 10. The van der Waals surface area contributed by atoms with Crippen molar-refractivity contribution in [1.82, 2.24) is 0 Å². The Morgan fingerprint density at radius 3 is 1.75 bits per heavy atom. The Bertz CT molecular complexity index is 761. The van der Waals surface area contributed by atoms with Crippen molar-refractivity contribution >= 4 is 41.4 Å². The topological polar surface area (TPSA) is 230 Å². The SMILES string of the molecule is N[C@@H](CSc1cc(C[C@H](N)C(=O)O)c(SC[C@H](N)C(=O)O)c(O)c1O)C(=O)O. The zero-order chi connectivity index (χ0) is 21.6. The van der Waals surface area contributed by atoms with Crippen molar-refractivity contribution < 1.29 is 39.9 Å². The maximum atomic E-state index is 11.1. The van der Waals surface area contributed by atoms with Crippen molar-refractivity contribution in [3.05, 3.63) is 11.6 Å². The highest BCUT2D eigenvalue weighted by Crippen LogP contribution is 2.45. The van der Waals surface area contributed by atoms with Crippen LogP contribution in [0.1, 0.15) is 5.56 Å². The van der Waals surface area contributed by atoms with Gasteiger partial charge in [-0.1, -0.05) is 0 Å². The Hall–Kier alpha value is -2.19. The van der Waals surface area contributed by atoms with E-state index in [9.17, 15) is 24.6 Å². The Kier molecular flexibility index (Phi) is 8.84. The lowest BCUT2D eigenvalue weighted by Gasteiger charge is -2.18. The largest absolute Gasteiger partial charge is 0.503 e. The van der Waals surface area contributed by atoms with Gasteiger partial charge in [0.15, 0.2) is 11.5 Å². The lowest BCUT2D eigenvalue weighted by Crippen LogP contribution is -2.33. The van der Waals surface area contributed by atoms with Crippen LogP contribution in [0.3, 0.4) is 0 Å². The van der Waals surface area contributed by atoms with Crippen LogP contribution in [0.15, 0.2) is 15.9 Å². The third-order valence-corrected chi connectivity index (χ3v) is 5.90. The highest BCUT2D eigenvalue weighted by Gasteiger charge is 2.24. The number of aliphatic carboxylic acids is 3. The lowest BCUT2D eigenvalue weighted by atomic mass is 10.1. The molecule has 11 nitrogen and oxygen atoms in total. The highest BCUT2D eigenvalue weighted by atomic mass is 32.2. The van der Waals surface area contributed by atoms with Crippen molar-refractivity contribution in [1.29, 1.82) is 0 Å². The summed E-state index contributed by atoms with van der Waals surface area (Å²) in [5, 5.41) is 47.3. The quantitative estimate of drug-likeness (QED) is 0.155. The van der Waals surface area contributed by atoms with Crippen molar-refractivity contribution in [2.24, 2.45) is 17.2 Å². The van der Waals surface area contributed by atoms with E-state index in [0.717, 1.165) is 23.5 Å². The molecule has 0 spiro atoms. The average Bonchev–Trinajstić information content (AvgIpc) is 2.61. The van der Waals surface area contributed by atoms with Crippen molar-refractivity contribution in [3.63, 3.8) is 0 Å². The van der Waals surface area contributed by atoms with Gasteiger partial charge in [0.05, 0.1) is 9.79 Å². The number of carbonyl (C=O) groups is 3. The molecule has 0 saturated heterocycles. The number of carboxylic acid groups (broad SMARTS) is 3. The number of phenols is 2. The third-order valence-electron chi connectivity index (χ3n) is 3.49. The molecule has 0 heterocycles. The van der Waals surface area contributed by atoms with Crippen molar-refractivity contribution in [2.75, 3.05) is 11.5 Å². The molecule has 11 N–H and O–H groups in total. The van der Waals surface area contributed by atoms with E-state index in [1.54, 1.807) is 0 Å². The molecule has 0 aromatic heterocycles. The van der Waals surface area contributed by atoms with Crippen molar-refractivity contribution in [2.45, 2.75) is 34.3 Å². The molecule has 0 saturated carbocycles. The van der Waals surface area contributed by atoms with E-state index in [1.807, 2.05) is 0 Å². The van der Waals surface area contributed by atoms with Gasteiger partial charge in [-0.3, -0.25) is 14.4 Å². The molecule has 0 aliphatic rings. The standard InChI is InChI=1S/C15H21N3O8S2/c16-6(13(21)22)1-5-2-9(27-3-7(17)14(23)24)10(19)11(20)12(5)28-4-8(18)15(25)26/h2,6-8,19-20H,1,3-4,16-18H2,(H,21,22)(H,23,24)(H,25,26)/t6-,7-,8-/m0/s1. The fourth-order valence-corrected chi connectivity index (χ4v) is 3.92. The van der Waals surface area contributed by atoms with Gasteiger partial charge in [-0.15, -0.1) is 23.5 Å². The van der Waals surface area contributed by atoms with Crippen LogP contribution in [-0.4, -0.2) is 73.1 Å². The number of hydrogen-bond donors (Lipinski definition) is 8. The summed E-state index contributed by atoms with van der Waals surface area (Å²) in [4.78, 5) is 32.9. The molecule has 3 atom stereocenters. The summed E-state index contributed by atoms with van der Waals surface area (Å²) in [5.74, 6) is -5.27. The zero-order valence-electron chi connectivity index (χ0n) is 14.4. The van der Waals surface area contributed by atoms with E-state index < -0.39 is 47.5 Å². The number of rotatable bonds is 11. The maximum absolute atomic E-state index is 11.1. The lowest BCUT2D eigenvalue weighted by molar-refractivity contribution is -0.139. The Morgan fingerprint density at radius 1 is 0.821 bits per heavy atom. The monoisotopic (exact) mass is 435 g/mol. The summed E-state index contributed by atoms with van der Waals surface area (Å²) in [7, 11) is 0. The first-order valence-electron chi connectivity index (χ1n) is 7.74. The molecule has 0 aliphatic heterocycles. The molecule has 0 bridgehead atoms. The first-order valence-corrected chi connectivity index (χ1v) is 9.71. The number of benzene rings is 1. The summed E-state index contributed by atoms with van der Waals surface area (Å²) in [6, 6.07) is -2.45. The highest BCUT2D eigenvalue weighted by molar-refractivity contribution is 8.00. The number of nitrogens with two attached hydrogens (primary N) is 3. The van der Waals surface area contributed by atoms with E-state index in [4.69, 9.17) is 32.5 Å². The van der Waals surface area contributed by atoms with E-state index in [2.05, 4.69) is 0 Å². The first-order chi connectivity index (χ1) is 13.0. The summed E-state index contributed by atoms with van der Waals surface area (Å²) >= 11 is 1.68. The van der Waals surface area contributed by atoms with Crippen LogP contribution in [0.5, 0.6) is 11.5 Å². The van der Waals surface area contributed by atoms with E-state index >= 15 is 0 Å². The predicted octanol–water partition coefficient (Wildman–Crippen LogP) is -0.940. The van der Waals surface area contributed by atoms with E-state index in [1.165, 1.54) is 6.07 Å². The fourth-order valence-electron chi connectivity index (χ4n) is 1.91. The predicted molar refractivity (Wildman–Crippen MR) is 102 cm³/mol. The molecule has 1 aromatic carbocycles. The first kappa shape index (κ1) is 23.8. The van der Waals surface area contributed by atoms with Crippen LogP contribution >= 0.6 is 23.5 Å². The molecule has 13 heteroatoms. The molecular formula is C15H21N3O8S2. The Morgan fingerprint density at radius 2 is 1.29 bits per heavy atom. The van der Waals surface area contributed by atoms with Gasteiger partial charge in [0.2, 0.25) is 0 Å². The van der Waals surface area contributed by atoms with E-state index in [0.29, 0.717) is 0 Å². The van der Waals surface area contributed by atoms with Crippen LogP contribution in [0.2, 0.25) is 0 Å². The van der Waals surface area contributed by atoms with Crippen LogP contribution in [0, 0.1) is 0 Å². The Labute approximate surface area is 167 Å². The molecule has 156 valence electrons. The number of thioether (sulfide) groups is 2. The number of aromatic hydroxyl groups is 2. The zero-order valence-corrected chi connectivity index (χ0v) is 16.1.